The largest absolute Gasteiger partial charge is 0.464 e. The Morgan fingerprint density at radius 3 is 2.23 bits per heavy atom. The fraction of sp³-hybridized carbons (Fsp3) is 0.833. The zero-order valence-corrected chi connectivity index (χ0v) is 8.61. The van der Waals surface area contributed by atoms with Crippen LogP contribution in [0.15, 0.2) is 0 Å². The Morgan fingerprint density at radius 2 is 1.92 bits per heavy atom. The van der Waals surface area contributed by atoms with Crippen molar-refractivity contribution in [2.24, 2.45) is 0 Å². The molecule has 0 aliphatic rings. The van der Waals surface area contributed by atoms with Crippen molar-refractivity contribution >= 4 is 13.6 Å². The third-order valence-electron chi connectivity index (χ3n) is 1.31. The van der Waals surface area contributed by atoms with Crippen LogP contribution in [0.2, 0.25) is 0 Å². The van der Waals surface area contributed by atoms with Gasteiger partial charge in [-0.1, -0.05) is 0 Å². The van der Waals surface area contributed by atoms with Crippen molar-refractivity contribution in [3.63, 3.8) is 0 Å². The fourth-order valence-electron chi connectivity index (χ4n) is 0.620. The number of carbonyl (C=O) groups excluding carboxylic acids is 1. The third kappa shape index (κ3) is 3.08. The summed E-state index contributed by atoms with van der Waals surface area (Å²) in [6, 6.07) is 0. The first-order valence-corrected chi connectivity index (χ1v) is 5.19. The van der Waals surface area contributed by atoms with Gasteiger partial charge in [0.1, 0.15) is 0 Å². The van der Waals surface area contributed by atoms with E-state index in [1.54, 1.807) is 6.92 Å². The van der Waals surface area contributed by atoms with Crippen molar-refractivity contribution in [1.29, 1.82) is 0 Å². The Morgan fingerprint density at radius 1 is 1.46 bits per heavy atom. The minimum atomic E-state index is -3.78. The van der Waals surface area contributed by atoms with Gasteiger partial charge in [-0.15, -0.1) is 0 Å². The molecule has 0 heterocycles. The number of hydrogen-bond donors (Lipinski definition) is 1. The van der Waals surface area contributed by atoms with Crippen LogP contribution in [0.1, 0.15) is 6.92 Å². The summed E-state index contributed by atoms with van der Waals surface area (Å²) in [6.07, 6.45) is 0. The molecule has 0 aliphatic heterocycles. The first-order chi connectivity index (χ1) is 6.01. The highest BCUT2D eigenvalue weighted by Crippen LogP contribution is 2.50. The molecule has 1 atom stereocenters. The van der Waals surface area contributed by atoms with E-state index in [1.165, 1.54) is 0 Å². The van der Waals surface area contributed by atoms with Gasteiger partial charge in [-0.05, 0) is 6.92 Å². The van der Waals surface area contributed by atoms with Crippen LogP contribution in [0.25, 0.3) is 0 Å². The quantitative estimate of drug-likeness (QED) is 0.523. The van der Waals surface area contributed by atoms with E-state index in [2.05, 4.69) is 13.8 Å². The van der Waals surface area contributed by atoms with Crippen molar-refractivity contribution in [3.8, 4) is 0 Å². The number of aliphatic hydroxyl groups excluding tert-OH is 1. The average Bonchev–Trinajstić information content (AvgIpc) is 2.16. The summed E-state index contributed by atoms with van der Waals surface area (Å²) in [4.78, 5) is 10.9. The normalized spacial score (nSPS) is 13.8. The predicted octanol–water partition coefficient (Wildman–Crippen LogP) is 0.354. The molecular weight excluding hydrogens is 199 g/mol. The number of ether oxygens (including phenoxy) is 1. The average molecular weight is 212 g/mol. The Bertz CT molecular complexity index is 207. The van der Waals surface area contributed by atoms with E-state index in [0.717, 1.165) is 14.2 Å². The summed E-state index contributed by atoms with van der Waals surface area (Å²) in [5, 5.41) is 9.18. The zero-order valence-electron chi connectivity index (χ0n) is 7.72. The summed E-state index contributed by atoms with van der Waals surface area (Å²) >= 11 is 0. The summed E-state index contributed by atoms with van der Waals surface area (Å²) in [5.41, 5.74) is 0. The molecule has 0 saturated heterocycles. The molecule has 7 heteroatoms. The lowest BCUT2D eigenvalue weighted by atomic mass is 10.7. The van der Waals surface area contributed by atoms with Gasteiger partial charge in [0.2, 0.25) is 0 Å². The van der Waals surface area contributed by atoms with E-state index in [1.807, 2.05) is 0 Å². The molecule has 0 aromatic heterocycles. The maximum atomic E-state index is 11.4. The number of hydrogen-bond acceptors (Lipinski definition) is 6. The van der Waals surface area contributed by atoms with Crippen molar-refractivity contribution in [2.45, 2.75) is 12.8 Å². The Labute approximate surface area is 76.3 Å². The highest BCUT2D eigenvalue weighted by atomic mass is 31.2. The fourth-order valence-corrected chi connectivity index (χ4v) is 1.50. The number of esters is 1. The second kappa shape index (κ2) is 5.34. The highest BCUT2D eigenvalue weighted by Gasteiger charge is 2.39. The Balaban J connectivity index is 4.46. The van der Waals surface area contributed by atoms with Gasteiger partial charge in [0, 0.05) is 14.2 Å². The third-order valence-corrected chi connectivity index (χ3v) is 3.13. The van der Waals surface area contributed by atoms with E-state index >= 15 is 0 Å². The standard InChI is InChI=1S/C6H13O6P/c1-4-12-5(7)6(8)13(9,10-2)11-3/h6,8H,4H2,1-3H3. The summed E-state index contributed by atoms with van der Waals surface area (Å²) < 4.78 is 24.6. The van der Waals surface area contributed by atoms with E-state index in [4.69, 9.17) is 0 Å². The van der Waals surface area contributed by atoms with Crippen LogP contribution >= 0.6 is 7.60 Å². The van der Waals surface area contributed by atoms with Crippen molar-refractivity contribution in [1.82, 2.24) is 0 Å². The molecule has 78 valence electrons. The summed E-state index contributed by atoms with van der Waals surface area (Å²) in [7, 11) is -1.62. The predicted molar refractivity (Wildman–Crippen MR) is 44.3 cm³/mol. The molecule has 0 radical (unpaired) electrons. The van der Waals surface area contributed by atoms with Crippen molar-refractivity contribution in [3.05, 3.63) is 0 Å². The molecule has 0 amide bonds. The molecular formula is C6H13O6P. The molecule has 1 N–H and O–H groups in total. The lowest BCUT2D eigenvalue weighted by Crippen LogP contribution is -2.24. The first kappa shape index (κ1) is 12.6. The molecule has 13 heavy (non-hydrogen) atoms. The molecule has 6 nitrogen and oxygen atoms in total. The van der Waals surface area contributed by atoms with Crippen LogP contribution in [0.5, 0.6) is 0 Å². The number of rotatable bonds is 5. The van der Waals surface area contributed by atoms with Crippen LogP contribution in [0, 0.1) is 0 Å². The van der Waals surface area contributed by atoms with Gasteiger partial charge in [-0.25, -0.2) is 4.79 Å². The van der Waals surface area contributed by atoms with Crippen molar-refractivity contribution < 1.29 is 28.3 Å². The molecule has 0 bridgehead atoms. The summed E-state index contributed by atoms with van der Waals surface area (Å²) in [6.45, 7) is 1.65. The minimum absolute atomic E-state index is 0.0866. The Kier molecular flexibility index (Phi) is 5.17. The van der Waals surface area contributed by atoms with Crippen LogP contribution < -0.4 is 0 Å². The molecule has 0 aromatic rings. The van der Waals surface area contributed by atoms with Gasteiger partial charge in [0.25, 0.3) is 5.85 Å². The second-order valence-electron chi connectivity index (χ2n) is 2.03. The van der Waals surface area contributed by atoms with Gasteiger partial charge < -0.3 is 18.9 Å². The van der Waals surface area contributed by atoms with E-state index in [-0.39, 0.29) is 6.61 Å². The number of carbonyl (C=O) groups is 1. The van der Waals surface area contributed by atoms with Gasteiger partial charge in [0.05, 0.1) is 6.61 Å². The molecule has 0 fully saturated rings. The minimum Gasteiger partial charge on any atom is -0.464 e. The van der Waals surface area contributed by atoms with E-state index in [9.17, 15) is 14.5 Å². The van der Waals surface area contributed by atoms with Gasteiger partial charge in [-0.2, -0.15) is 0 Å². The van der Waals surface area contributed by atoms with Gasteiger partial charge in [-0.3, -0.25) is 4.57 Å². The maximum absolute atomic E-state index is 11.4. The van der Waals surface area contributed by atoms with E-state index in [0.29, 0.717) is 0 Å². The van der Waals surface area contributed by atoms with Gasteiger partial charge in [0.15, 0.2) is 0 Å². The van der Waals surface area contributed by atoms with Gasteiger partial charge >= 0.3 is 13.6 Å². The van der Waals surface area contributed by atoms with Crippen LogP contribution in [-0.4, -0.2) is 37.7 Å². The lowest BCUT2D eigenvalue weighted by molar-refractivity contribution is -0.149. The van der Waals surface area contributed by atoms with E-state index < -0.39 is 19.4 Å². The van der Waals surface area contributed by atoms with Crippen LogP contribution in [0.3, 0.4) is 0 Å². The molecule has 1 unspecified atom stereocenters. The molecule has 0 rings (SSSR count). The molecule has 0 saturated carbocycles. The molecule has 0 aliphatic carbocycles. The maximum Gasteiger partial charge on any atom is 0.369 e. The van der Waals surface area contributed by atoms with Crippen molar-refractivity contribution in [2.75, 3.05) is 20.8 Å². The van der Waals surface area contributed by atoms with Crippen LogP contribution in [0.4, 0.5) is 0 Å². The number of aliphatic hydroxyl groups is 1. The zero-order chi connectivity index (χ0) is 10.5. The smallest absolute Gasteiger partial charge is 0.369 e. The first-order valence-electron chi connectivity index (χ1n) is 3.57. The second-order valence-corrected chi connectivity index (χ2v) is 4.33. The SMILES string of the molecule is CCOC(=O)C(O)P(=O)(OC)OC. The van der Waals surface area contributed by atoms with Crippen LogP contribution in [-0.2, 0) is 23.1 Å². The Hall–Kier alpha value is -0.420. The monoisotopic (exact) mass is 212 g/mol. The summed E-state index contributed by atoms with van der Waals surface area (Å²) in [5.74, 6) is -2.91. The molecule has 0 aromatic carbocycles. The lowest BCUT2D eigenvalue weighted by Gasteiger charge is -2.17. The highest BCUT2D eigenvalue weighted by molar-refractivity contribution is 7.55. The molecule has 0 spiro atoms. The topological polar surface area (TPSA) is 82.1 Å².